The quantitative estimate of drug-likeness (QED) is 0.480. The number of amides is 1. The van der Waals surface area contributed by atoms with Crippen LogP contribution in [-0.2, 0) is 4.79 Å². The van der Waals surface area contributed by atoms with Crippen LogP contribution in [0.25, 0.3) is 11.3 Å². The number of thioether (sulfide) groups is 1. The van der Waals surface area contributed by atoms with Crippen molar-refractivity contribution in [2.75, 3.05) is 11.1 Å². The van der Waals surface area contributed by atoms with Gasteiger partial charge in [0.25, 0.3) is 0 Å². The zero-order valence-corrected chi connectivity index (χ0v) is 17.4. The minimum Gasteiger partial charge on any atom is -0.323 e. The zero-order valence-electron chi connectivity index (χ0n) is 16.6. The number of aromatic nitrogens is 4. The summed E-state index contributed by atoms with van der Waals surface area (Å²) in [6, 6.07) is 8.60. The van der Waals surface area contributed by atoms with Crippen LogP contribution in [-0.4, -0.2) is 30.8 Å². The van der Waals surface area contributed by atoms with E-state index in [0.29, 0.717) is 16.9 Å². The Morgan fingerprint density at radius 1 is 1.06 bits per heavy atom. The Labute approximate surface area is 179 Å². The van der Waals surface area contributed by atoms with E-state index in [1.807, 2.05) is 32.0 Å². The van der Waals surface area contributed by atoms with Gasteiger partial charge in [0.15, 0.2) is 5.16 Å². The lowest BCUT2D eigenvalue weighted by molar-refractivity contribution is -0.113. The molecule has 10 heteroatoms. The molecule has 0 spiro atoms. The smallest absolute Gasteiger partial charge is 0.300 e. The van der Waals surface area contributed by atoms with E-state index in [1.54, 1.807) is 12.4 Å². The summed E-state index contributed by atoms with van der Waals surface area (Å²) in [5.41, 5.74) is 2.56. The maximum atomic E-state index is 13.7. The minimum atomic E-state index is -0.863. The van der Waals surface area contributed by atoms with E-state index >= 15 is 0 Å². The molecular weight excluding hydrogens is 424 g/mol. The molecule has 0 bridgehead atoms. The monoisotopic (exact) mass is 441 g/mol. The number of hydrogen-bond acceptors (Lipinski definition) is 5. The number of halogens is 2. The second-order valence-electron chi connectivity index (χ2n) is 6.88. The highest BCUT2D eigenvalue weighted by atomic mass is 32.2. The lowest BCUT2D eigenvalue weighted by atomic mass is 10.1. The molecule has 31 heavy (non-hydrogen) atoms. The number of aryl methyl sites for hydroxylation is 2. The van der Waals surface area contributed by atoms with Crippen LogP contribution >= 0.6 is 11.8 Å². The van der Waals surface area contributed by atoms with Crippen molar-refractivity contribution in [3.05, 3.63) is 81.9 Å². The molecule has 4 rings (SSSR count). The van der Waals surface area contributed by atoms with Gasteiger partial charge in [-0.1, -0.05) is 17.8 Å². The third-order valence-corrected chi connectivity index (χ3v) is 5.69. The summed E-state index contributed by atoms with van der Waals surface area (Å²) >= 11 is 1.04. The fraction of sp³-hybridized carbons (Fsp3) is 0.143. The van der Waals surface area contributed by atoms with E-state index in [1.165, 1.54) is 8.97 Å². The molecule has 0 saturated carbocycles. The van der Waals surface area contributed by atoms with Crippen LogP contribution in [0.1, 0.15) is 11.1 Å². The van der Waals surface area contributed by atoms with Crippen molar-refractivity contribution >= 4 is 29.0 Å². The van der Waals surface area contributed by atoms with Crippen molar-refractivity contribution in [1.82, 2.24) is 19.2 Å². The molecule has 0 aliphatic heterocycles. The third-order valence-electron chi connectivity index (χ3n) is 4.75. The van der Waals surface area contributed by atoms with Gasteiger partial charge in [0.05, 0.1) is 11.4 Å². The molecule has 0 aliphatic carbocycles. The standard InChI is InChI=1S/C21H17F2N5O2S/c1-12-3-5-15(9-13(12)2)27-7-8-28-19(20(27)30)25-26-21(28)31-11-18(29)24-17-6-4-14(22)10-16(17)23/h3-10H,11H2,1-2H3,(H,24,29). The first kappa shape index (κ1) is 20.7. The van der Waals surface area contributed by atoms with Gasteiger partial charge in [-0.3, -0.25) is 18.6 Å². The second kappa shape index (κ2) is 8.31. The molecule has 7 nitrogen and oxygen atoms in total. The van der Waals surface area contributed by atoms with Gasteiger partial charge in [0.1, 0.15) is 11.6 Å². The van der Waals surface area contributed by atoms with E-state index in [9.17, 15) is 18.4 Å². The van der Waals surface area contributed by atoms with Crippen molar-refractivity contribution < 1.29 is 13.6 Å². The first-order chi connectivity index (χ1) is 14.8. The first-order valence-electron chi connectivity index (χ1n) is 9.25. The van der Waals surface area contributed by atoms with Gasteiger partial charge in [-0.05, 0) is 49.2 Å². The molecule has 2 heterocycles. The van der Waals surface area contributed by atoms with E-state index in [4.69, 9.17) is 0 Å². The lowest BCUT2D eigenvalue weighted by Crippen LogP contribution is -2.20. The Balaban J connectivity index is 1.53. The molecule has 0 fully saturated rings. The molecular formula is C21H17F2N5O2S. The minimum absolute atomic E-state index is 0.0994. The molecule has 4 aromatic rings. The maximum Gasteiger partial charge on any atom is 0.300 e. The average Bonchev–Trinajstić information content (AvgIpc) is 3.15. The first-order valence-corrected chi connectivity index (χ1v) is 10.2. The molecule has 2 aromatic heterocycles. The van der Waals surface area contributed by atoms with Gasteiger partial charge < -0.3 is 5.32 Å². The van der Waals surface area contributed by atoms with E-state index in [2.05, 4.69) is 15.5 Å². The number of hydrogen-bond donors (Lipinski definition) is 1. The molecule has 1 amide bonds. The molecule has 0 radical (unpaired) electrons. The number of nitrogens with one attached hydrogen (secondary N) is 1. The summed E-state index contributed by atoms with van der Waals surface area (Å²) in [6.07, 6.45) is 3.26. The number of rotatable bonds is 5. The van der Waals surface area contributed by atoms with Crippen LogP contribution in [0.15, 0.2) is 58.7 Å². The summed E-state index contributed by atoms with van der Waals surface area (Å²) < 4.78 is 29.6. The van der Waals surface area contributed by atoms with E-state index in [-0.39, 0.29) is 22.6 Å². The SMILES string of the molecule is Cc1ccc(-n2ccn3c(SCC(=O)Nc4ccc(F)cc4F)nnc3c2=O)cc1C. The largest absolute Gasteiger partial charge is 0.323 e. The molecule has 0 aliphatic rings. The normalized spacial score (nSPS) is 11.1. The third kappa shape index (κ3) is 4.19. The van der Waals surface area contributed by atoms with Crippen LogP contribution in [0, 0.1) is 25.5 Å². The van der Waals surface area contributed by atoms with Crippen molar-refractivity contribution in [3.8, 4) is 5.69 Å². The average molecular weight is 441 g/mol. The van der Waals surface area contributed by atoms with Crippen molar-refractivity contribution in [2.24, 2.45) is 0 Å². The fourth-order valence-corrected chi connectivity index (χ4v) is 3.67. The predicted octanol–water partition coefficient (Wildman–Crippen LogP) is 3.51. The molecule has 0 saturated heterocycles. The van der Waals surface area contributed by atoms with Crippen LogP contribution in [0.5, 0.6) is 0 Å². The van der Waals surface area contributed by atoms with E-state index in [0.717, 1.165) is 35.0 Å². The number of carbonyl (C=O) groups excluding carboxylic acids is 1. The maximum absolute atomic E-state index is 13.7. The number of anilines is 1. The number of benzene rings is 2. The Hall–Kier alpha value is -3.53. The molecule has 158 valence electrons. The van der Waals surface area contributed by atoms with Crippen LogP contribution in [0.4, 0.5) is 14.5 Å². The lowest BCUT2D eigenvalue weighted by Gasteiger charge is -2.09. The van der Waals surface area contributed by atoms with Gasteiger partial charge in [-0.2, -0.15) is 0 Å². The Morgan fingerprint density at radius 2 is 1.87 bits per heavy atom. The summed E-state index contributed by atoms with van der Waals surface area (Å²) in [5, 5.41) is 10.7. The van der Waals surface area contributed by atoms with Crippen LogP contribution in [0.3, 0.4) is 0 Å². The Bertz CT molecular complexity index is 1370. The fourth-order valence-electron chi connectivity index (χ4n) is 2.95. The van der Waals surface area contributed by atoms with E-state index < -0.39 is 17.5 Å². The van der Waals surface area contributed by atoms with Crippen molar-refractivity contribution in [2.45, 2.75) is 19.0 Å². The zero-order chi connectivity index (χ0) is 22.1. The summed E-state index contributed by atoms with van der Waals surface area (Å²) in [5.74, 6) is -2.20. The van der Waals surface area contributed by atoms with Crippen LogP contribution < -0.4 is 10.9 Å². The second-order valence-corrected chi connectivity index (χ2v) is 7.82. The molecule has 1 N–H and O–H groups in total. The summed E-state index contributed by atoms with van der Waals surface area (Å²) in [6.45, 7) is 3.96. The number of nitrogens with zero attached hydrogens (tertiary/aromatic N) is 4. The van der Waals surface area contributed by atoms with Gasteiger partial charge in [0, 0.05) is 24.1 Å². The molecule has 0 unspecified atom stereocenters. The molecule has 2 aromatic carbocycles. The van der Waals surface area contributed by atoms with Gasteiger partial charge in [-0.15, -0.1) is 10.2 Å². The highest BCUT2D eigenvalue weighted by molar-refractivity contribution is 7.99. The van der Waals surface area contributed by atoms with Gasteiger partial charge in [0.2, 0.25) is 11.6 Å². The van der Waals surface area contributed by atoms with Crippen molar-refractivity contribution in [3.63, 3.8) is 0 Å². The Kier molecular flexibility index (Phi) is 5.55. The highest BCUT2D eigenvalue weighted by Gasteiger charge is 2.15. The van der Waals surface area contributed by atoms with Gasteiger partial charge >= 0.3 is 5.56 Å². The Morgan fingerprint density at radius 3 is 2.61 bits per heavy atom. The summed E-state index contributed by atoms with van der Waals surface area (Å²) in [4.78, 5) is 25.0. The summed E-state index contributed by atoms with van der Waals surface area (Å²) in [7, 11) is 0. The predicted molar refractivity (Wildman–Crippen MR) is 114 cm³/mol. The molecule has 0 atom stereocenters. The van der Waals surface area contributed by atoms with Gasteiger partial charge in [-0.25, -0.2) is 8.78 Å². The number of fused-ring (bicyclic) bond motifs is 1. The van der Waals surface area contributed by atoms with Crippen molar-refractivity contribution in [1.29, 1.82) is 0 Å². The number of carbonyl (C=O) groups is 1. The van der Waals surface area contributed by atoms with Crippen LogP contribution in [0.2, 0.25) is 0 Å². The topological polar surface area (TPSA) is 81.3 Å². The highest BCUT2D eigenvalue weighted by Crippen LogP contribution is 2.19.